The minimum Gasteiger partial charge on any atom is -0.462 e. The zero-order valence-electron chi connectivity index (χ0n) is 38.0. The molecule has 0 aliphatic carbocycles. The van der Waals surface area contributed by atoms with Crippen LogP contribution >= 0.6 is 0 Å². The lowest BCUT2D eigenvalue weighted by Crippen LogP contribution is -2.46. The third kappa shape index (κ3) is 40.6. The molecule has 6 heteroatoms. The fraction of sp³-hybridized carbons (Fsp3) is 0.843. The normalized spacial score (nSPS) is 13.6. The first kappa shape index (κ1) is 55.1. The van der Waals surface area contributed by atoms with Gasteiger partial charge < -0.3 is 20.3 Å². The number of carbonyl (C=O) groups is 2. The third-order valence-electron chi connectivity index (χ3n) is 11.2. The van der Waals surface area contributed by atoms with E-state index in [2.05, 4.69) is 62.5 Å². The van der Waals surface area contributed by atoms with Crippen LogP contribution in [0.25, 0.3) is 0 Å². The minimum absolute atomic E-state index is 0.0628. The summed E-state index contributed by atoms with van der Waals surface area (Å²) in [6.45, 7) is 6.44. The van der Waals surface area contributed by atoms with Crippen molar-refractivity contribution in [2.75, 3.05) is 6.61 Å². The number of hydrogen-bond donors (Lipinski definition) is 3. The van der Waals surface area contributed by atoms with E-state index in [-0.39, 0.29) is 24.9 Å². The van der Waals surface area contributed by atoms with E-state index >= 15 is 0 Å². The smallest absolute Gasteiger partial charge is 0.306 e. The standard InChI is InChI=1S/C51H95NO5/c1-4-7-10-13-16-19-21-23-24-25-27-29-32-35-38-41-44-51(56)57-47(42-39-36-33-31-28-26-22-20-17-14-11-8-5-2)45-50(55)52-48(46-53)49(54)43-40-37-34-30-18-15-12-9-6-3/h20,22,24-25,27,29,47-49,53-54H,4-19,21,23,26,28,30-46H2,1-3H3,(H,52,55)/b22-20-,25-24+,29-27+. The van der Waals surface area contributed by atoms with Gasteiger partial charge in [-0.3, -0.25) is 9.59 Å². The number of aliphatic hydroxyl groups is 2. The summed E-state index contributed by atoms with van der Waals surface area (Å²) < 4.78 is 5.90. The van der Waals surface area contributed by atoms with E-state index in [9.17, 15) is 19.8 Å². The second-order valence-electron chi connectivity index (χ2n) is 16.9. The van der Waals surface area contributed by atoms with Crippen molar-refractivity contribution >= 4 is 11.9 Å². The van der Waals surface area contributed by atoms with Crippen LogP contribution in [0.3, 0.4) is 0 Å². The van der Waals surface area contributed by atoms with Crippen LogP contribution in [0.5, 0.6) is 0 Å². The molecule has 0 saturated heterocycles. The second kappa shape index (κ2) is 45.2. The zero-order chi connectivity index (χ0) is 41.7. The Kier molecular flexibility index (Phi) is 43.6. The number of hydrogen-bond acceptors (Lipinski definition) is 5. The van der Waals surface area contributed by atoms with E-state index in [1.54, 1.807) is 0 Å². The third-order valence-corrected chi connectivity index (χ3v) is 11.2. The number of carbonyl (C=O) groups excluding carboxylic acids is 2. The van der Waals surface area contributed by atoms with E-state index < -0.39 is 18.2 Å². The maximum Gasteiger partial charge on any atom is 0.306 e. The van der Waals surface area contributed by atoms with E-state index in [1.807, 2.05) is 0 Å². The molecule has 0 bridgehead atoms. The zero-order valence-corrected chi connectivity index (χ0v) is 38.0. The molecule has 0 aliphatic heterocycles. The molecule has 6 nitrogen and oxygen atoms in total. The van der Waals surface area contributed by atoms with Gasteiger partial charge in [-0.2, -0.15) is 0 Å². The predicted molar refractivity (Wildman–Crippen MR) is 246 cm³/mol. The summed E-state index contributed by atoms with van der Waals surface area (Å²) in [6.07, 6.45) is 52.0. The van der Waals surface area contributed by atoms with Gasteiger partial charge in [0, 0.05) is 6.42 Å². The van der Waals surface area contributed by atoms with E-state index in [1.165, 1.54) is 128 Å². The molecule has 0 spiro atoms. The highest BCUT2D eigenvalue weighted by molar-refractivity contribution is 5.77. The van der Waals surface area contributed by atoms with Gasteiger partial charge in [-0.25, -0.2) is 0 Å². The van der Waals surface area contributed by atoms with Crippen molar-refractivity contribution in [3.05, 3.63) is 36.5 Å². The number of unbranched alkanes of at least 4 members (excludes halogenated alkanes) is 27. The summed E-state index contributed by atoms with van der Waals surface area (Å²) in [5.41, 5.74) is 0. The maximum absolute atomic E-state index is 13.1. The monoisotopic (exact) mass is 802 g/mol. The summed E-state index contributed by atoms with van der Waals surface area (Å²) in [7, 11) is 0. The fourth-order valence-electron chi connectivity index (χ4n) is 7.42. The van der Waals surface area contributed by atoms with Crippen molar-refractivity contribution in [3.63, 3.8) is 0 Å². The first-order chi connectivity index (χ1) is 28.0. The molecule has 0 aromatic carbocycles. The molecule has 3 unspecified atom stereocenters. The van der Waals surface area contributed by atoms with Gasteiger partial charge in [0.25, 0.3) is 0 Å². The lowest BCUT2D eigenvalue weighted by atomic mass is 10.0. The molecule has 0 aromatic rings. The number of amides is 1. The number of nitrogens with one attached hydrogen (secondary N) is 1. The lowest BCUT2D eigenvalue weighted by Gasteiger charge is -2.24. The molecule has 334 valence electrons. The van der Waals surface area contributed by atoms with Crippen LogP contribution in [-0.2, 0) is 14.3 Å². The predicted octanol–water partition coefficient (Wildman–Crippen LogP) is 14.5. The number of ether oxygens (including phenoxy) is 1. The van der Waals surface area contributed by atoms with Gasteiger partial charge >= 0.3 is 5.97 Å². The molecule has 0 heterocycles. The quantitative estimate of drug-likeness (QED) is 0.0247. The second-order valence-corrected chi connectivity index (χ2v) is 16.9. The molecule has 3 N–H and O–H groups in total. The average Bonchev–Trinajstić information content (AvgIpc) is 3.20. The van der Waals surface area contributed by atoms with Crippen LogP contribution in [0.15, 0.2) is 36.5 Å². The molecule has 3 atom stereocenters. The Morgan fingerprint density at radius 1 is 0.509 bits per heavy atom. The number of allylic oxidation sites excluding steroid dienone is 6. The highest BCUT2D eigenvalue weighted by Gasteiger charge is 2.24. The van der Waals surface area contributed by atoms with Gasteiger partial charge in [0.1, 0.15) is 6.10 Å². The van der Waals surface area contributed by atoms with Crippen LogP contribution in [0.2, 0.25) is 0 Å². The van der Waals surface area contributed by atoms with Crippen molar-refractivity contribution in [2.45, 2.75) is 270 Å². The molecule has 57 heavy (non-hydrogen) atoms. The number of esters is 1. The molecule has 0 aliphatic rings. The Bertz CT molecular complexity index is 946. The van der Waals surface area contributed by atoms with Crippen LogP contribution < -0.4 is 5.32 Å². The molecule has 0 radical (unpaired) electrons. The molecule has 0 aromatic heterocycles. The van der Waals surface area contributed by atoms with Crippen molar-refractivity contribution < 1.29 is 24.5 Å². The Balaban J connectivity index is 4.62. The molecule has 1 amide bonds. The molecular formula is C51H95NO5. The summed E-state index contributed by atoms with van der Waals surface area (Å²) >= 11 is 0. The summed E-state index contributed by atoms with van der Waals surface area (Å²) in [4.78, 5) is 26.0. The van der Waals surface area contributed by atoms with Crippen LogP contribution in [0.4, 0.5) is 0 Å². The summed E-state index contributed by atoms with van der Waals surface area (Å²) in [5.74, 6) is -0.509. The molecule has 0 rings (SSSR count). The van der Waals surface area contributed by atoms with Gasteiger partial charge in [-0.05, 0) is 77.0 Å². The number of aliphatic hydroxyl groups excluding tert-OH is 2. The van der Waals surface area contributed by atoms with E-state index in [0.717, 1.165) is 77.0 Å². The topological polar surface area (TPSA) is 95.9 Å². The highest BCUT2D eigenvalue weighted by Crippen LogP contribution is 2.17. The molecule has 0 saturated carbocycles. The fourth-order valence-corrected chi connectivity index (χ4v) is 7.42. The van der Waals surface area contributed by atoms with Crippen molar-refractivity contribution in [1.29, 1.82) is 0 Å². The van der Waals surface area contributed by atoms with Crippen LogP contribution in [0, 0.1) is 0 Å². The Hall–Kier alpha value is -1.92. The van der Waals surface area contributed by atoms with E-state index in [4.69, 9.17) is 4.74 Å². The summed E-state index contributed by atoms with van der Waals surface area (Å²) in [6, 6.07) is -0.706. The highest BCUT2D eigenvalue weighted by atomic mass is 16.5. The Labute approximate surface area is 353 Å². The van der Waals surface area contributed by atoms with E-state index in [0.29, 0.717) is 19.3 Å². The molecular weight excluding hydrogens is 707 g/mol. The van der Waals surface area contributed by atoms with Crippen molar-refractivity contribution in [2.24, 2.45) is 0 Å². The van der Waals surface area contributed by atoms with Gasteiger partial charge in [0.2, 0.25) is 5.91 Å². The SMILES string of the molecule is CCCCCC/C=C\CCCCCCCC(CC(=O)NC(CO)C(O)CCCCCCCCCCC)OC(=O)CCCCC/C=C/C=C/CCCCCCCCC. The first-order valence-corrected chi connectivity index (χ1v) is 24.7. The van der Waals surface area contributed by atoms with Gasteiger partial charge in [0.05, 0.1) is 25.2 Å². The van der Waals surface area contributed by atoms with Crippen LogP contribution in [0.1, 0.15) is 252 Å². The number of rotatable bonds is 44. The van der Waals surface area contributed by atoms with Gasteiger partial charge in [-0.1, -0.05) is 198 Å². The maximum atomic E-state index is 13.1. The van der Waals surface area contributed by atoms with Crippen molar-refractivity contribution in [3.8, 4) is 0 Å². The minimum atomic E-state index is -0.791. The van der Waals surface area contributed by atoms with Crippen LogP contribution in [-0.4, -0.2) is 46.9 Å². The van der Waals surface area contributed by atoms with Gasteiger partial charge in [-0.15, -0.1) is 0 Å². The first-order valence-electron chi connectivity index (χ1n) is 24.7. The molecule has 0 fully saturated rings. The lowest BCUT2D eigenvalue weighted by molar-refractivity contribution is -0.151. The van der Waals surface area contributed by atoms with Crippen molar-refractivity contribution in [1.82, 2.24) is 5.32 Å². The average molecular weight is 802 g/mol. The summed E-state index contributed by atoms with van der Waals surface area (Å²) in [5, 5.41) is 23.6. The largest absolute Gasteiger partial charge is 0.462 e. The Morgan fingerprint density at radius 3 is 1.37 bits per heavy atom. The Morgan fingerprint density at radius 2 is 0.895 bits per heavy atom. The van der Waals surface area contributed by atoms with Gasteiger partial charge in [0.15, 0.2) is 0 Å².